The molecular weight excluding hydrogens is 357 g/mol. The highest BCUT2D eigenvalue weighted by Crippen LogP contribution is 2.31. The van der Waals surface area contributed by atoms with Gasteiger partial charge in [0.25, 0.3) is 5.69 Å². The minimum atomic E-state index is -0.869. The van der Waals surface area contributed by atoms with Crippen molar-refractivity contribution in [1.29, 1.82) is 0 Å². The number of non-ortho nitro benzene ring substituents is 1. The van der Waals surface area contributed by atoms with Crippen molar-refractivity contribution < 1.29 is 14.8 Å². The van der Waals surface area contributed by atoms with E-state index in [9.17, 15) is 14.9 Å². The van der Waals surface area contributed by atoms with Crippen molar-refractivity contribution in [3.8, 4) is 0 Å². The quantitative estimate of drug-likeness (QED) is 0.374. The molecule has 0 radical (unpaired) electrons. The van der Waals surface area contributed by atoms with Crippen molar-refractivity contribution in [3.05, 3.63) is 31.9 Å². The number of nitrogens with zero attached hydrogens (tertiary/aromatic N) is 1. The molecule has 1 unspecified atom stereocenters. The maximum Gasteiger partial charge on any atom is 0.316 e. The lowest BCUT2D eigenvalue weighted by molar-refractivity contribution is -0.385. The second kappa shape index (κ2) is 6.20. The van der Waals surface area contributed by atoms with Gasteiger partial charge in [0.2, 0.25) is 0 Å². The molecule has 1 atom stereocenters. The molecule has 0 saturated heterocycles. The van der Waals surface area contributed by atoms with E-state index in [1.54, 1.807) is 13.0 Å². The first kappa shape index (κ1) is 14.2. The standard InChI is InChI=1S/C10H10INO4S/c1-2-8(10(13)14)17-9-4-3-6(12(15)16)5-7(9)11/h3-5,8H,2H2,1H3,(H,13,14). The second-order valence-corrected chi connectivity index (χ2v) is 5.63. The smallest absolute Gasteiger partial charge is 0.316 e. The summed E-state index contributed by atoms with van der Waals surface area (Å²) in [4.78, 5) is 21.7. The lowest BCUT2D eigenvalue weighted by atomic mass is 10.3. The van der Waals surface area contributed by atoms with E-state index in [1.807, 2.05) is 22.6 Å². The van der Waals surface area contributed by atoms with E-state index in [-0.39, 0.29) is 5.69 Å². The molecule has 0 fully saturated rings. The van der Waals surface area contributed by atoms with E-state index in [4.69, 9.17) is 5.11 Å². The van der Waals surface area contributed by atoms with Gasteiger partial charge in [-0.3, -0.25) is 14.9 Å². The molecule has 0 aromatic heterocycles. The lowest BCUT2D eigenvalue weighted by Gasteiger charge is -2.10. The molecule has 5 nitrogen and oxygen atoms in total. The number of carboxylic acids is 1. The van der Waals surface area contributed by atoms with E-state index in [0.717, 1.165) is 4.90 Å². The van der Waals surface area contributed by atoms with Gasteiger partial charge in [-0.15, -0.1) is 11.8 Å². The fraction of sp³-hybridized carbons (Fsp3) is 0.300. The Labute approximate surface area is 116 Å². The van der Waals surface area contributed by atoms with Crippen LogP contribution in [0.25, 0.3) is 0 Å². The van der Waals surface area contributed by atoms with Crippen LogP contribution in [0.1, 0.15) is 13.3 Å². The number of hydrogen-bond acceptors (Lipinski definition) is 4. The van der Waals surface area contributed by atoms with Crippen molar-refractivity contribution in [2.24, 2.45) is 0 Å². The first-order valence-corrected chi connectivity index (χ1v) is 6.75. The molecule has 7 heteroatoms. The van der Waals surface area contributed by atoms with Gasteiger partial charge in [0.15, 0.2) is 0 Å². The fourth-order valence-corrected chi connectivity index (χ4v) is 2.93. The fourth-order valence-electron chi connectivity index (χ4n) is 1.16. The minimum absolute atomic E-state index is 0.0159. The third-order valence-electron chi connectivity index (χ3n) is 2.04. The Balaban J connectivity index is 2.93. The predicted molar refractivity (Wildman–Crippen MR) is 73.4 cm³/mol. The van der Waals surface area contributed by atoms with Crippen LogP contribution in [0.2, 0.25) is 0 Å². The second-order valence-electron chi connectivity index (χ2n) is 3.22. The van der Waals surface area contributed by atoms with Gasteiger partial charge in [-0.2, -0.15) is 0 Å². The number of thioether (sulfide) groups is 1. The molecular formula is C10H10INO4S. The molecule has 0 heterocycles. The number of benzene rings is 1. The van der Waals surface area contributed by atoms with Crippen molar-refractivity contribution in [2.75, 3.05) is 0 Å². The van der Waals surface area contributed by atoms with Crippen molar-refractivity contribution in [1.82, 2.24) is 0 Å². The largest absolute Gasteiger partial charge is 0.480 e. The molecule has 1 aromatic rings. The van der Waals surface area contributed by atoms with Crippen LogP contribution in [0, 0.1) is 13.7 Å². The van der Waals surface area contributed by atoms with Crippen LogP contribution in [0.3, 0.4) is 0 Å². The van der Waals surface area contributed by atoms with Gasteiger partial charge in [-0.05, 0) is 35.1 Å². The van der Waals surface area contributed by atoms with Crippen LogP contribution in [-0.4, -0.2) is 21.2 Å². The van der Waals surface area contributed by atoms with E-state index in [2.05, 4.69) is 0 Å². The van der Waals surface area contributed by atoms with Gasteiger partial charge in [0.05, 0.1) is 4.92 Å². The number of carboxylic acid groups (broad SMARTS) is 1. The summed E-state index contributed by atoms with van der Waals surface area (Å²) in [7, 11) is 0. The molecule has 0 spiro atoms. The molecule has 1 N–H and O–H groups in total. The van der Waals surface area contributed by atoms with Crippen molar-refractivity contribution in [3.63, 3.8) is 0 Å². The van der Waals surface area contributed by atoms with Crippen molar-refractivity contribution in [2.45, 2.75) is 23.5 Å². The van der Waals surface area contributed by atoms with Crippen LogP contribution in [0.5, 0.6) is 0 Å². The predicted octanol–water partition coefficient (Wildman–Crippen LogP) is 3.15. The molecule has 1 rings (SSSR count). The lowest BCUT2D eigenvalue weighted by Crippen LogP contribution is -2.14. The molecule has 0 aliphatic heterocycles. The number of nitro benzene ring substituents is 1. The van der Waals surface area contributed by atoms with E-state index in [0.29, 0.717) is 9.99 Å². The van der Waals surface area contributed by atoms with E-state index >= 15 is 0 Å². The summed E-state index contributed by atoms with van der Waals surface area (Å²) in [5.74, 6) is -0.869. The molecule has 17 heavy (non-hydrogen) atoms. The minimum Gasteiger partial charge on any atom is -0.480 e. The summed E-state index contributed by atoms with van der Waals surface area (Å²) in [5.41, 5.74) is 0.0159. The number of aliphatic carboxylic acids is 1. The van der Waals surface area contributed by atoms with Gasteiger partial charge >= 0.3 is 5.97 Å². The highest BCUT2D eigenvalue weighted by atomic mass is 127. The Morgan fingerprint density at radius 2 is 2.29 bits per heavy atom. The van der Waals surface area contributed by atoms with Crippen molar-refractivity contribution >= 4 is 46.0 Å². The van der Waals surface area contributed by atoms with Crippen LogP contribution >= 0.6 is 34.4 Å². The van der Waals surface area contributed by atoms with Gasteiger partial charge < -0.3 is 5.11 Å². The Morgan fingerprint density at radius 3 is 2.71 bits per heavy atom. The Bertz CT molecular complexity index is 452. The molecule has 0 aliphatic carbocycles. The van der Waals surface area contributed by atoms with Crippen LogP contribution in [0.4, 0.5) is 5.69 Å². The maximum atomic E-state index is 10.9. The molecule has 1 aromatic carbocycles. The number of carbonyl (C=O) groups is 1. The van der Waals surface area contributed by atoms with Gasteiger partial charge in [-0.1, -0.05) is 6.92 Å². The van der Waals surface area contributed by atoms with Crippen LogP contribution in [0.15, 0.2) is 23.1 Å². The number of rotatable bonds is 5. The molecule has 0 bridgehead atoms. The third kappa shape index (κ3) is 3.84. The van der Waals surface area contributed by atoms with Crippen LogP contribution < -0.4 is 0 Å². The molecule has 92 valence electrons. The van der Waals surface area contributed by atoms with Gasteiger partial charge in [0, 0.05) is 20.6 Å². The monoisotopic (exact) mass is 367 g/mol. The average Bonchev–Trinajstić information content (AvgIpc) is 2.26. The summed E-state index contributed by atoms with van der Waals surface area (Å²) in [5, 5.41) is 19.0. The molecule has 0 amide bonds. The zero-order valence-corrected chi connectivity index (χ0v) is 11.9. The summed E-state index contributed by atoms with van der Waals surface area (Å²) < 4.78 is 0.696. The van der Waals surface area contributed by atoms with Gasteiger partial charge in [-0.25, -0.2) is 0 Å². The SMILES string of the molecule is CCC(Sc1ccc([N+](=O)[O-])cc1I)C(=O)O. The first-order chi connectivity index (χ1) is 7.95. The van der Waals surface area contributed by atoms with Crippen LogP contribution in [-0.2, 0) is 4.79 Å². The Kier molecular flexibility index (Phi) is 5.19. The average molecular weight is 367 g/mol. The molecule has 0 aliphatic rings. The number of nitro groups is 1. The topological polar surface area (TPSA) is 80.4 Å². The maximum absolute atomic E-state index is 10.9. The highest BCUT2D eigenvalue weighted by Gasteiger charge is 2.18. The van der Waals surface area contributed by atoms with E-state index < -0.39 is 16.1 Å². The number of hydrogen-bond donors (Lipinski definition) is 1. The molecule has 0 saturated carbocycles. The zero-order valence-electron chi connectivity index (χ0n) is 8.92. The number of halogens is 1. The first-order valence-electron chi connectivity index (χ1n) is 4.79. The third-order valence-corrected chi connectivity index (χ3v) is 4.73. The summed E-state index contributed by atoms with van der Waals surface area (Å²) in [6.07, 6.45) is 0.507. The van der Waals surface area contributed by atoms with E-state index in [1.165, 1.54) is 23.9 Å². The Morgan fingerprint density at radius 1 is 1.65 bits per heavy atom. The Hall–Kier alpha value is -0.830. The van der Waals surface area contributed by atoms with Gasteiger partial charge in [0.1, 0.15) is 5.25 Å². The summed E-state index contributed by atoms with van der Waals surface area (Å²) >= 11 is 3.19. The summed E-state index contributed by atoms with van der Waals surface area (Å²) in [6, 6.07) is 4.42. The zero-order chi connectivity index (χ0) is 13.0. The highest BCUT2D eigenvalue weighted by molar-refractivity contribution is 14.1. The summed E-state index contributed by atoms with van der Waals surface area (Å²) in [6.45, 7) is 1.80. The normalized spacial score (nSPS) is 12.1.